The van der Waals surface area contributed by atoms with Crippen LogP contribution in [-0.4, -0.2) is 47.7 Å². The molecule has 0 radical (unpaired) electrons. The molecule has 5 nitrogen and oxygen atoms in total. The first-order valence-electron chi connectivity index (χ1n) is 8.08. The van der Waals surface area contributed by atoms with Crippen LogP contribution in [0.4, 0.5) is 10.8 Å². The molecule has 24 heavy (non-hydrogen) atoms. The fourth-order valence-corrected chi connectivity index (χ4v) is 4.05. The Kier molecular flexibility index (Phi) is 5.32. The number of ether oxygens (including phenoxy) is 1. The number of hydrogen-bond donors (Lipinski definition) is 1. The minimum Gasteiger partial charge on any atom is -0.378 e. The second-order valence-electron chi connectivity index (χ2n) is 6.73. The normalized spacial score (nSPS) is 15.7. The Morgan fingerprint density at radius 2 is 2.12 bits per heavy atom. The Labute approximate surface area is 150 Å². The van der Waals surface area contributed by atoms with Crippen molar-refractivity contribution in [2.45, 2.75) is 25.5 Å². The largest absolute Gasteiger partial charge is 0.378 e. The zero-order chi connectivity index (χ0) is 17.2. The van der Waals surface area contributed by atoms with Crippen LogP contribution in [0.25, 0.3) is 10.2 Å². The molecule has 0 aliphatic carbocycles. The number of morpholine rings is 1. The Balaban J connectivity index is 1.68. The number of benzene rings is 1. The van der Waals surface area contributed by atoms with Gasteiger partial charge in [0.25, 0.3) is 0 Å². The minimum absolute atomic E-state index is 0.0344. The molecule has 130 valence electrons. The van der Waals surface area contributed by atoms with E-state index in [9.17, 15) is 4.79 Å². The topological polar surface area (TPSA) is 54.5 Å². The molecule has 1 fully saturated rings. The highest BCUT2D eigenvalue weighted by Crippen LogP contribution is 2.31. The summed E-state index contributed by atoms with van der Waals surface area (Å²) in [5.41, 5.74) is 1.81. The molecule has 2 heterocycles. The molecule has 1 aliphatic rings. The fourth-order valence-electron chi connectivity index (χ4n) is 2.36. The first kappa shape index (κ1) is 17.5. The van der Waals surface area contributed by atoms with E-state index in [2.05, 4.69) is 31.0 Å². The third-order valence-corrected chi connectivity index (χ3v) is 5.93. The van der Waals surface area contributed by atoms with Gasteiger partial charge < -0.3 is 15.0 Å². The van der Waals surface area contributed by atoms with E-state index in [4.69, 9.17) is 9.72 Å². The average Bonchev–Trinajstić information content (AvgIpc) is 2.96. The Hall–Kier alpha value is -1.31. The van der Waals surface area contributed by atoms with Crippen LogP contribution in [0.3, 0.4) is 0 Å². The van der Waals surface area contributed by atoms with Crippen LogP contribution in [0, 0.1) is 0 Å². The highest BCUT2D eigenvalue weighted by molar-refractivity contribution is 8.01. The molecule has 0 spiro atoms. The second kappa shape index (κ2) is 7.29. The molecule has 1 aromatic heterocycles. The van der Waals surface area contributed by atoms with Gasteiger partial charge in [0, 0.05) is 23.5 Å². The third-order valence-electron chi connectivity index (χ3n) is 3.58. The second-order valence-corrected chi connectivity index (χ2v) is 9.54. The molecule has 2 aromatic rings. The smallest absolute Gasteiger partial charge is 0.234 e. The lowest BCUT2D eigenvalue weighted by Crippen LogP contribution is -2.36. The lowest BCUT2D eigenvalue weighted by Gasteiger charge is -2.25. The maximum Gasteiger partial charge on any atom is 0.234 e. The summed E-state index contributed by atoms with van der Waals surface area (Å²) in [7, 11) is 0. The van der Waals surface area contributed by atoms with E-state index in [1.807, 2.05) is 18.2 Å². The van der Waals surface area contributed by atoms with E-state index >= 15 is 0 Å². The summed E-state index contributed by atoms with van der Waals surface area (Å²) in [6.07, 6.45) is 0. The molecule has 1 amide bonds. The van der Waals surface area contributed by atoms with Gasteiger partial charge in [-0.3, -0.25) is 4.79 Å². The van der Waals surface area contributed by atoms with Gasteiger partial charge in [-0.15, -0.1) is 11.8 Å². The number of rotatable bonds is 4. The van der Waals surface area contributed by atoms with E-state index in [-0.39, 0.29) is 10.7 Å². The number of nitrogens with zero attached hydrogens (tertiary/aromatic N) is 2. The molecule has 7 heteroatoms. The van der Waals surface area contributed by atoms with Gasteiger partial charge in [-0.25, -0.2) is 4.98 Å². The molecule has 1 saturated heterocycles. The van der Waals surface area contributed by atoms with Gasteiger partial charge in [-0.05, 0) is 18.2 Å². The van der Waals surface area contributed by atoms with Crippen molar-refractivity contribution < 1.29 is 9.53 Å². The number of carbonyl (C=O) groups excluding carboxylic acids is 1. The van der Waals surface area contributed by atoms with Gasteiger partial charge in [0.2, 0.25) is 5.91 Å². The third kappa shape index (κ3) is 4.62. The summed E-state index contributed by atoms with van der Waals surface area (Å²) in [6.45, 7) is 9.61. The number of aromatic nitrogens is 1. The molecule has 0 unspecified atom stereocenters. The molecule has 3 rings (SSSR count). The first-order chi connectivity index (χ1) is 11.4. The minimum atomic E-state index is 0.0344. The van der Waals surface area contributed by atoms with Crippen molar-refractivity contribution in [2.24, 2.45) is 0 Å². The molecule has 0 bridgehead atoms. The van der Waals surface area contributed by atoms with Crippen LogP contribution in [-0.2, 0) is 9.53 Å². The molecular weight excluding hydrogens is 342 g/mol. The number of amides is 1. The summed E-state index contributed by atoms with van der Waals surface area (Å²) in [6, 6.07) is 5.91. The highest BCUT2D eigenvalue weighted by Gasteiger charge is 2.16. The van der Waals surface area contributed by atoms with Gasteiger partial charge in [-0.1, -0.05) is 32.1 Å². The summed E-state index contributed by atoms with van der Waals surface area (Å²) in [5, 5.41) is 4.01. The van der Waals surface area contributed by atoms with Crippen molar-refractivity contribution in [2.75, 3.05) is 42.3 Å². The molecule has 0 saturated carbocycles. The van der Waals surface area contributed by atoms with Crippen molar-refractivity contribution in [3.63, 3.8) is 0 Å². The van der Waals surface area contributed by atoms with Crippen molar-refractivity contribution in [1.29, 1.82) is 0 Å². The zero-order valence-corrected chi connectivity index (χ0v) is 15.9. The standard InChI is InChI=1S/C17H23N3O2S2/c1-17(2,3)23-11-15(21)18-12-4-5-13-14(10-12)24-16(19-13)20-6-8-22-9-7-20/h4-5,10H,6-9,11H2,1-3H3,(H,18,21). The average molecular weight is 366 g/mol. The van der Waals surface area contributed by atoms with Crippen LogP contribution < -0.4 is 10.2 Å². The quantitative estimate of drug-likeness (QED) is 0.897. The van der Waals surface area contributed by atoms with Gasteiger partial charge >= 0.3 is 0 Å². The van der Waals surface area contributed by atoms with Crippen LogP contribution in [0.15, 0.2) is 18.2 Å². The predicted octanol–water partition coefficient (Wildman–Crippen LogP) is 3.60. The van der Waals surface area contributed by atoms with E-state index in [0.29, 0.717) is 5.75 Å². The van der Waals surface area contributed by atoms with Gasteiger partial charge in [0.1, 0.15) is 0 Å². The number of thioether (sulfide) groups is 1. The number of fused-ring (bicyclic) bond motifs is 1. The fraction of sp³-hybridized carbons (Fsp3) is 0.529. The molecular formula is C17H23N3O2S2. The Bertz CT molecular complexity index is 718. The molecule has 0 atom stereocenters. The van der Waals surface area contributed by atoms with Crippen LogP contribution >= 0.6 is 23.1 Å². The van der Waals surface area contributed by atoms with E-state index in [1.165, 1.54) is 0 Å². The summed E-state index contributed by atoms with van der Waals surface area (Å²) in [4.78, 5) is 19.0. The monoisotopic (exact) mass is 365 g/mol. The Morgan fingerprint density at radius 3 is 2.83 bits per heavy atom. The van der Waals surface area contributed by atoms with E-state index < -0.39 is 0 Å². The SMILES string of the molecule is CC(C)(C)SCC(=O)Nc1ccc2nc(N3CCOCC3)sc2c1. The van der Waals surface area contributed by atoms with Gasteiger partial charge in [0.05, 0.1) is 29.2 Å². The first-order valence-corrected chi connectivity index (χ1v) is 9.88. The summed E-state index contributed by atoms with van der Waals surface area (Å²) >= 11 is 3.31. The van der Waals surface area contributed by atoms with Crippen LogP contribution in [0.5, 0.6) is 0 Å². The van der Waals surface area contributed by atoms with Gasteiger partial charge in [-0.2, -0.15) is 0 Å². The lowest BCUT2D eigenvalue weighted by atomic mass is 10.3. The van der Waals surface area contributed by atoms with Crippen molar-refractivity contribution >= 4 is 50.0 Å². The number of anilines is 2. The molecule has 1 aromatic carbocycles. The summed E-state index contributed by atoms with van der Waals surface area (Å²) < 4.78 is 6.58. The molecule has 1 aliphatic heterocycles. The number of thiazole rings is 1. The van der Waals surface area contributed by atoms with Crippen molar-refractivity contribution in [1.82, 2.24) is 4.98 Å². The van der Waals surface area contributed by atoms with E-state index in [1.54, 1.807) is 23.1 Å². The predicted molar refractivity (Wildman–Crippen MR) is 103 cm³/mol. The number of nitrogens with one attached hydrogen (secondary N) is 1. The summed E-state index contributed by atoms with van der Waals surface area (Å²) in [5.74, 6) is 0.496. The zero-order valence-electron chi connectivity index (χ0n) is 14.3. The van der Waals surface area contributed by atoms with Gasteiger partial charge in [0.15, 0.2) is 5.13 Å². The molecule has 1 N–H and O–H groups in total. The highest BCUT2D eigenvalue weighted by atomic mass is 32.2. The van der Waals surface area contributed by atoms with Crippen LogP contribution in [0.1, 0.15) is 20.8 Å². The van der Waals surface area contributed by atoms with Crippen molar-refractivity contribution in [3.8, 4) is 0 Å². The number of carbonyl (C=O) groups is 1. The van der Waals surface area contributed by atoms with E-state index in [0.717, 1.165) is 47.3 Å². The Morgan fingerprint density at radius 1 is 1.38 bits per heavy atom. The lowest BCUT2D eigenvalue weighted by molar-refractivity contribution is -0.113. The maximum atomic E-state index is 12.1. The van der Waals surface area contributed by atoms with Crippen LogP contribution in [0.2, 0.25) is 0 Å². The number of hydrogen-bond acceptors (Lipinski definition) is 6. The van der Waals surface area contributed by atoms with Crippen molar-refractivity contribution in [3.05, 3.63) is 18.2 Å². The maximum absolute atomic E-state index is 12.1.